The van der Waals surface area contributed by atoms with Crippen molar-refractivity contribution in [3.8, 4) is 0 Å². The summed E-state index contributed by atoms with van der Waals surface area (Å²) in [6.45, 7) is 3.49. The van der Waals surface area contributed by atoms with Gasteiger partial charge in [0.25, 0.3) is 0 Å². The molecule has 0 rings (SSSR count). The van der Waals surface area contributed by atoms with Crippen LogP contribution in [0.2, 0.25) is 0 Å². The van der Waals surface area contributed by atoms with Gasteiger partial charge in [-0.05, 0) is 18.3 Å². The quantitative estimate of drug-likeness (QED) is 0.366. The lowest BCUT2D eigenvalue weighted by atomic mass is 9.81. The Hall–Kier alpha value is -1.76. The number of allylic oxidation sites excluding steroid dienone is 2. The van der Waals surface area contributed by atoms with Crippen LogP contribution in [0.15, 0.2) is 11.1 Å². The molecule has 4 heteroatoms. The largest absolute Gasteiger partial charge is 0.297 e. The standard InChI is InChI=1S/C11H12O4/c1-11(2,3-9(5-12)6-13)4-10(7-14)8-15/h5,7H,3-4H2,1-2H3. The molecule has 0 aromatic carbocycles. The van der Waals surface area contributed by atoms with Crippen LogP contribution in [0.4, 0.5) is 0 Å². The molecule has 0 amide bonds. The molecule has 0 bridgehead atoms. The highest BCUT2D eigenvalue weighted by molar-refractivity contribution is 5.86. The number of carbonyl (C=O) groups is 2. The average Bonchev–Trinajstić information content (AvgIpc) is 2.22. The summed E-state index contributed by atoms with van der Waals surface area (Å²) >= 11 is 0. The van der Waals surface area contributed by atoms with Crippen LogP contribution in [0.3, 0.4) is 0 Å². The second-order valence-corrected chi connectivity index (χ2v) is 4.01. The number of carbonyl (C=O) groups excluding carboxylic acids is 4. The van der Waals surface area contributed by atoms with E-state index in [1.54, 1.807) is 13.8 Å². The Bertz CT molecular complexity index is 319. The van der Waals surface area contributed by atoms with Crippen molar-refractivity contribution in [2.45, 2.75) is 26.7 Å². The summed E-state index contributed by atoms with van der Waals surface area (Å²) < 4.78 is 0. The summed E-state index contributed by atoms with van der Waals surface area (Å²) in [6, 6.07) is 0. The van der Waals surface area contributed by atoms with E-state index in [-0.39, 0.29) is 24.0 Å². The maximum absolute atomic E-state index is 10.4. The Labute approximate surface area is 87.7 Å². The molecule has 0 heterocycles. The maximum atomic E-state index is 10.4. The van der Waals surface area contributed by atoms with Gasteiger partial charge in [0.1, 0.15) is 11.9 Å². The van der Waals surface area contributed by atoms with Gasteiger partial charge >= 0.3 is 0 Å². The molecule has 0 atom stereocenters. The third-order valence-electron chi connectivity index (χ3n) is 1.88. The fraction of sp³-hybridized carbons (Fsp3) is 0.455. The summed E-state index contributed by atoms with van der Waals surface area (Å²) in [6.07, 6.45) is 1.22. The molecule has 0 aromatic rings. The van der Waals surface area contributed by atoms with Crippen molar-refractivity contribution in [3.63, 3.8) is 0 Å². The fourth-order valence-corrected chi connectivity index (χ4v) is 1.30. The second kappa shape index (κ2) is 5.86. The summed E-state index contributed by atoms with van der Waals surface area (Å²) in [4.78, 5) is 41.4. The van der Waals surface area contributed by atoms with Crippen molar-refractivity contribution in [1.82, 2.24) is 0 Å². The molecule has 0 saturated carbocycles. The molecular weight excluding hydrogens is 196 g/mol. The number of hydrogen-bond acceptors (Lipinski definition) is 4. The van der Waals surface area contributed by atoms with Gasteiger partial charge in [-0.3, -0.25) is 9.59 Å². The van der Waals surface area contributed by atoms with Gasteiger partial charge in [0.05, 0.1) is 11.1 Å². The Morgan fingerprint density at radius 2 is 1.33 bits per heavy atom. The highest BCUT2D eigenvalue weighted by atomic mass is 16.1. The molecule has 0 saturated heterocycles. The molecule has 80 valence electrons. The van der Waals surface area contributed by atoms with Crippen LogP contribution in [0.1, 0.15) is 26.7 Å². The van der Waals surface area contributed by atoms with Crippen LogP contribution in [-0.4, -0.2) is 24.5 Å². The van der Waals surface area contributed by atoms with E-state index < -0.39 is 5.41 Å². The predicted molar refractivity (Wildman–Crippen MR) is 53.6 cm³/mol. The minimum atomic E-state index is -0.513. The Balaban J connectivity index is 4.69. The molecule has 0 aromatic heterocycles. The minimum absolute atomic E-state index is 0.00357. The van der Waals surface area contributed by atoms with Crippen LogP contribution in [-0.2, 0) is 19.2 Å². The van der Waals surface area contributed by atoms with Crippen molar-refractivity contribution in [2.75, 3.05) is 0 Å². The zero-order chi connectivity index (χ0) is 11.9. The third kappa shape index (κ3) is 4.87. The van der Waals surface area contributed by atoms with E-state index in [4.69, 9.17) is 0 Å². The van der Waals surface area contributed by atoms with E-state index in [2.05, 4.69) is 0 Å². The highest BCUT2D eigenvalue weighted by Crippen LogP contribution is 2.29. The predicted octanol–water partition coefficient (Wildman–Crippen LogP) is 0.707. The summed E-state index contributed by atoms with van der Waals surface area (Å²) in [5.41, 5.74) is -0.520. The van der Waals surface area contributed by atoms with Gasteiger partial charge in [-0.15, -0.1) is 0 Å². The first-order valence-electron chi connectivity index (χ1n) is 4.37. The number of rotatable bonds is 6. The van der Waals surface area contributed by atoms with Gasteiger partial charge in [-0.1, -0.05) is 13.8 Å². The molecule has 0 aliphatic rings. The first-order valence-corrected chi connectivity index (χ1v) is 4.37. The molecule has 4 nitrogen and oxygen atoms in total. The van der Waals surface area contributed by atoms with Crippen LogP contribution in [0, 0.1) is 5.41 Å². The SMILES string of the molecule is CC(C)(CC(=C=O)C=O)CC(=C=O)C=O. The molecular formula is C11H12O4. The molecule has 15 heavy (non-hydrogen) atoms. The minimum Gasteiger partial charge on any atom is -0.297 e. The highest BCUT2D eigenvalue weighted by Gasteiger charge is 2.22. The fourth-order valence-electron chi connectivity index (χ4n) is 1.30. The second-order valence-electron chi connectivity index (χ2n) is 4.01. The van der Waals surface area contributed by atoms with Gasteiger partial charge < -0.3 is 0 Å². The average molecular weight is 208 g/mol. The Morgan fingerprint density at radius 1 is 1.00 bits per heavy atom. The topological polar surface area (TPSA) is 68.3 Å². The monoisotopic (exact) mass is 208 g/mol. The van der Waals surface area contributed by atoms with Gasteiger partial charge in [-0.25, -0.2) is 9.59 Å². The van der Waals surface area contributed by atoms with Gasteiger partial charge in [0, 0.05) is 0 Å². The zero-order valence-electron chi connectivity index (χ0n) is 8.70. The van der Waals surface area contributed by atoms with E-state index >= 15 is 0 Å². The van der Waals surface area contributed by atoms with E-state index in [1.807, 2.05) is 0 Å². The van der Waals surface area contributed by atoms with Crippen molar-refractivity contribution < 1.29 is 19.2 Å². The van der Waals surface area contributed by atoms with E-state index in [9.17, 15) is 19.2 Å². The van der Waals surface area contributed by atoms with Crippen molar-refractivity contribution in [2.24, 2.45) is 5.41 Å². The normalized spacial score (nSPS) is 9.73. The summed E-state index contributed by atoms with van der Waals surface area (Å²) in [5, 5.41) is 0. The smallest absolute Gasteiger partial charge is 0.157 e. The van der Waals surface area contributed by atoms with Crippen LogP contribution in [0.5, 0.6) is 0 Å². The van der Waals surface area contributed by atoms with Crippen molar-refractivity contribution in [3.05, 3.63) is 11.1 Å². The van der Waals surface area contributed by atoms with E-state index in [0.717, 1.165) is 0 Å². The van der Waals surface area contributed by atoms with Crippen LogP contribution in [0.25, 0.3) is 0 Å². The van der Waals surface area contributed by atoms with E-state index in [0.29, 0.717) is 12.6 Å². The summed E-state index contributed by atoms with van der Waals surface area (Å²) in [7, 11) is 0. The molecule has 0 radical (unpaired) electrons. The number of hydrogen-bond donors (Lipinski definition) is 0. The maximum Gasteiger partial charge on any atom is 0.157 e. The molecule has 0 N–H and O–H groups in total. The Morgan fingerprint density at radius 3 is 1.53 bits per heavy atom. The van der Waals surface area contributed by atoms with Gasteiger partial charge in [0.2, 0.25) is 0 Å². The van der Waals surface area contributed by atoms with Crippen molar-refractivity contribution in [1.29, 1.82) is 0 Å². The molecule has 0 spiro atoms. The van der Waals surface area contributed by atoms with E-state index in [1.165, 1.54) is 11.9 Å². The van der Waals surface area contributed by atoms with Gasteiger partial charge in [0.15, 0.2) is 12.6 Å². The first-order chi connectivity index (χ1) is 6.99. The molecule has 0 aliphatic heterocycles. The first kappa shape index (κ1) is 13.2. The third-order valence-corrected chi connectivity index (χ3v) is 1.88. The van der Waals surface area contributed by atoms with Crippen molar-refractivity contribution >= 4 is 24.5 Å². The lowest BCUT2D eigenvalue weighted by Gasteiger charge is -2.22. The Kier molecular flexibility index (Phi) is 5.18. The zero-order valence-corrected chi connectivity index (χ0v) is 8.70. The lowest BCUT2D eigenvalue weighted by Crippen LogP contribution is -2.15. The van der Waals surface area contributed by atoms with Crippen LogP contribution < -0.4 is 0 Å². The molecule has 0 fully saturated rings. The molecule has 0 unspecified atom stereocenters. The number of aldehydes is 2. The lowest BCUT2D eigenvalue weighted by molar-refractivity contribution is -0.105. The summed E-state index contributed by atoms with van der Waals surface area (Å²) in [5.74, 6) is 3.04. The van der Waals surface area contributed by atoms with Gasteiger partial charge in [-0.2, -0.15) is 0 Å². The van der Waals surface area contributed by atoms with Crippen LogP contribution >= 0.6 is 0 Å². The molecule has 0 aliphatic carbocycles.